The molecule has 0 unspecified atom stereocenters. The first-order valence-corrected chi connectivity index (χ1v) is 7.28. The van der Waals surface area contributed by atoms with E-state index in [1.807, 2.05) is 4.90 Å². The second-order valence-corrected chi connectivity index (χ2v) is 5.64. The van der Waals surface area contributed by atoms with Gasteiger partial charge in [-0.2, -0.15) is 0 Å². The van der Waals surface area contributed by atoms with E-state index < -0.39 is 0 Å². The molecule has 1 aromatic carbocycles. The van der Waals surface area contributed by atoms with E-state index in [4.69, 9.17) is 0 Å². The minimum Gasteiger partial charge on any atom is -0.382 e. The number of likely N-dealkylation sites (tertiary alicyclic amines) is 1. The van der Waals surface area contributed by atoms with Crippen LogP contribution in [0.25, 0.3) is 0 Å². The van der Waals surface area contributed by atoms with E-state index in [0.29, 0.717) is 12.1 Å². The normalized spacial score (nSPS) is 19.8. The third kappa shape index (κ3) is 3.40. The average molecular weight is 277 g/mol. The van der Waals surface area contributed by atoms with Gasteiger partial charge in [0.1, 0.15) is 5.82 Å². The predicted molar refractivity (Wildman–Crippen MR) is 76.2 cm³/mol. The SMILES string of the molecule is O=C(NC1CC1)N1CCC(Nc2ccc(F)cc2)CC1. The van der Waals surface area contributed by atoms with Crippen LogP contribution in [0.15, 0.2) is 24.3 Å². The molecular weight excluding hydrogens is 257 g/mol. The molecule has 0 atom stereocenters. The fourth-order valence-corrected chi connectivity index (χ4v) is 2.50. The first-order valence-electron chi connectivity index (χ1n) is 7.28. The number of nitrogens with zero attached hydrogens (tertiary/aromatic N) is 1. The zero-order valence-electron chi connectivity index (χ0n) is 11.4. The van der Waals surface area contributed by atoms with Gasteiger partial charge in [-0.1, -0.05) is 0 Å². The molecule has 3 rings (SSSR count). The molecule has 2 aliphatic rings. The summed E-state index contributed by atoms with van der Waals surface area (Å²) in [5.74, 6) is -0.220. The average Bonchev–Trinajstić information content (AvgIpc) is 3.26. The largest absolute Gasteiger partial charge is 0.382 e. The van der Waals surface area contributed by atoms with Crippen LogP contribution >= 0.6 is 0 Å². The number of piperidine rings is 1. The van der Waals surface area contributed by atoms with Crippen LogP contribution in [0.5, 0.6) is 0 Å². The number of benzene rings is 1. The molecule has 5 heteroatoms. The molecule has 2 amide bonds. The Morgan fingerprint density at radius 3 is 2.30 bits per heavy atom. The summed E-state index contributed by atoms with van der Waals surface area (Å²) in [7, 11) is 0. The number of halogens is 1. The van der Waals surface area contributed by atoms with Gasteiger partial charge in [-0.05, 0) is 49.9 Å². The van der Waals surface area contributed by atoms with E-state index in [1.165, 1.54) is 12.1 Å². The van der Waals surface area contributed by atoms with Crippen molar-refractivity contribution in [1.82, 2.24) is 10.2 Å². The minimum atomic E-state index is -0.220. The molecule has 1 saturated carbocycles. The van der Waals surface area contributed by atoms with Crippen molar-refractivity contribution in [3.05, 3.63) is 30.1 Å². The molecule has 0 aromatic heterocycles. The van der Waals surface area contributed by atoms with Crippen molar-refractivity contribution in [3.8, 4) is 0 Å². The predicted octanol–water partition coefficient (Wildman–Crippen LogP) is 2.57. The lowest BCUT2D eigenvalue weighted by Crippen LogP contribution is -2.47. The van der Waals surface area contributed by atoms with Crippen LogP contribution in [-0.2, 0) is 0 Å². The van der Waals surface area contributed by atoms with E-state index in [2.05, 4.69) is 10.6 Å². The molecule has 108 valence electrons. The summed E-state index contributed by atoms with van der Waals surface area (Å²) in [6.45, 7) is 1.55. The fraction of sp³-hybridized carbons (Fsp3) is 0.533. The van der Waals surface area contributed by atoms with Crippen molar-refractivity contribution < 1.29 is 9.18 Å². The topological polar surface area (TPSA) is 44.4 Å². The minimum absolute atomic E-state index is 0.0766. The molecule has 2 fully saturated rings. The standard InChI is InChI=1S/C15H20FN3O/c16-11-1-3-12(4-2-11)17-14-7-9-19(10-8-14)15(20)18-13-5-6-13/h1-4,13-14,17H,5-10H2,(H,18,20). The van der Waals surface area contributed by atoms with Gasteiger partial charge in [-0.25, -0.2) is 9.18 Å². The molecule has 4 nitrogen and oxygen atoms in total. The third-order valence-corrected chi connectivity index (χ3v) is 3.90. The summed E-state index contributed by atoms with van der Waals surface area (Å²) in [6.07, 6.45) is 4.09. The van der Waals surface area contributed by atoms with Crippen molar-refractivity contribution in [1.29, 1.82) is 0 Å². The van der Waals surface area contributed by atoms with E-state index in [9.17, 15) is 9.18 Å². The van der Waals surface area contributed by atoms with Crippen LogP contribution < -0.4 is 10.6 Å². The van der Waals surface area contributed by atoms with Gasteiger partial charge < -0.3 is 15.5 Å². The Kier molecular flexibility index (Phi) is 3.76. The van der Waals surface area contributed by atoms with Crippen LogP contribution in [0.3, 0.4) is 0 Å². The van der Waals surface area contributed by atoms with Crippen LogP contribution in [0.1, 0.15) is 25.7 Å². The summed E-state index contributed by atoms with van der Waals surface area (Å²) in [5.41, 5.74) is 0.937. The van der Waals surface area contributed by atoms with Gasteiger partial charge in [-0.15, -0.1) is 0 Å². The van der Waals surface area contributed by atoms with E-state index in [0.717, 1.165) is 44.5 Å². The highest BCUT2D eigenvalue weighted by Crippen LogP contribution is 2.21. The molecule has 1 aliphatic carbocycles. The lowest BCUT2D eigenvalue weighted by molar-refractivity contribution is 0.183. The second kappa shape index (κ2) is 5.69. The number of urea groups is 1. The van der Waals surface area contributed by atoms with Crippen molar-refractivity contribution >= 4 is 11.7 Å². The lowest BCUT2D eigenvalue weighted by atomic mass is 10.0. The maximum atomic E-state index is 12.8. The zero-order valence-corrected chi connectivity index (χ0v) is 11.4. The van der Waals surface area contributed by atoms with E-state index in [1.54, 1.807) is 12.1 Å². The number of hydrogen-bond donors (Lipinski definition) is 2. The Labute approximate surface area is 118 Å². The Bertz CT molecular complexity index is 465. The highest BCUT2D eigenvalue weighted by molar-refractivity contribution is 5.75. The van der Waals surface area contributed by atoms with Gasteiger partial charge in [0.2, 0.25) is 0 Å². The number of hydrogen-bond acceptors (Lipinski definition) is 2. The highest BCUT2D eigenvalue weighted by atomic mass is 19.1. The van der Waals surface area contributed by atoms with Gasteiger partial charge in [0, 0.05) is 30.9 Å². The molecule has 0 radical (unpaired) electrons. The lowest BCUT2D eigenvalue weighted by Gasteiger charge is -2.33. The maximum Gasteiger partial charge on any atom is 0.317 e. The van der Waals surface area contributed by atoms with Gasteiger partial charge in [0.25, 0.3) is 0 Å². The quantitative estimate of drug-likeness (QED) is 0.892. The van der Waals surface area contributed by atoms with Crippen molar-refractivity contribution in [2.24, 2.45) is 0 Å². The van der Waals surface area contributed by atoms with Crippen molar-refractivity contribution in [2.75, 3.05) is 18.4 Å². The summed E-state index contributed by atoms with van der Waals surface area (Å²) in [4.78, 5) is 13.8. The number of anilines is 1. The molecule has 0 bridgehead atoms. The smallest absolute Gasteiger partial charge is 0.317 e. The Hall–Kier alpha value is -1.78. The molecule has 0 spiro atoms. The van der Waals surface area contributed by atoms with Crippen LogP contribution in [0.4, 0.5) is 14.9 Å². The molecule has 2 N–H and O–H groups in total. The number of carbonyl (C=O) groups is 1. The Morgan fingerprint density at radius 2 is 1.70 bits per heavy atom. The summed E-state index contributed by atoms with van der Waals surface area (Å²) in [5, 5.41) is 6.41. The van der Waals surface area contributed by atoms with Gasteiger partial charge in [0.15, 0.2) is 0 Å². The van der Waals surface area contributed by atoms with Crippen molar-refractivity contribution in [3.63, 3.8) is 0 Å². The number of rotatable bonds is 3. The molecule has 20 heavy (non-hydrogen) atoms. The monoisotopic (exact) mass is 277 g/mol. The van der Waals surface area contributed by atoms with Gasteiger partial charge in [0.05, 0.1) is 0 Å². The zero-order chi connectivity index (χ0) is 13.9. The van der Waals surface area contributed by atoms with Crippen LogP contribution in [0, 0.1) is 5.82 Å². The first-order chi connectivity index (χ1) is 9.70. The maximum absolute atomic E-state index is 12.8. The first kappa shape index (κ1) is 13.2. The molecule has 1 saturated heterocycles. The van der Waals surface area contributed by atoms with Gasteiger partial charge >= 0.3 is 6.03 Å². The summed E-state index contributed by atoms with van der Waals surface area (Å²) >= 11 is 0. The number of nitrogens with one attached hydrogen (secondary N) is 2. The molecule has 1 heterocycles. The van der Waals surface area contributed by atoms with Gasteiger partial charge in [-0.3, -0.25) is 0 Å². The highest BCUT2D eigenvalue weighted by Gasteiger charge is 2.28. The fourth-order valence-electron chi connectivity index (χ4n) is 2.50. The molecular formula is C15H20FN3O. The van der Waals surface area contributed by atoms with E-state index in [-0.39, 0.29) is 11.8 Å². The van der Waals surface area contributed by atoms with Crippen LogP contribution in [-0.4, -0.2) is 36.1 Å². The van der Waals surface area contributed by atoms with E-state index >= 15 is 0 Å². The second-order valence-electron chi connectivity index (χ2n) is 5.64. The Morgan fingerprint density at radius 1 is 1.05 bits per heavy atom. The number of amides is 2. The van der Waals surface area contributed by atoms with Crippen molar-refractivity contribution in [2.45, 2.75) is 37.8 Å². The Balaban J connectivity index is 1.45. The summed E-state index contributed by atoms with van der Waals surface area (Å²) in [6, 6.07) is 7.26. The third-order valence-electron chi connectivity index (χ3n) is 3.90. The summed E-state index contributed by atoms with van der Waals surface area (Å²) < 4.78 is 12.8. The molecule has 1 aromatic rings. The van der Waals surface area contributed by atoms with Crippen LogP contribution in [0.2, 0.25) is 0 Å². The molecule has 1 aliphatic heterocycles. The number of carbonyl (C=O) groups excluding carboxylic acids is 1.